The van der Waals surface area contributed by atoms with Crippen molar-refractivity contribution in [2.75, 3.05) is 0 Å². The molecular formula is C13H16ClFN4. The summed E-state index contributed by atoms with van der Waals surface area (Å²) >= 11 is 6.07. The Labute approximate surface area is 116 Å². The molecule has 1 unspecified atom stereocenters. The molecule has 0 spiro atoms. The van der Waals surface area contributed by atoms with Gasteiger partial charge in [-0.15, -0.1) is 0 Å². The quantitative estimate of drug-likeness (QED) is 0.668. The summed E-state index contributed by atoms with van der Waals surface area (Å²) < 4.78 is 15.0. The van der Waals surface area contributed by atoms with E-state index in [2.05, 4.69) is 10.5 Å². The molecule has 0 amide bonds. The first-order valence-corrected chi connectivity index (χ1v) is 6.29. The topological polar surface area (TPSA) is 55.9 Å². The Morgan fingerprint density at radius 3 is 2.84 bits per heavy atom. The molecule has 1 aromatic heterocycles. The van der Waals surface area contributed by atoms with Gasteiger partial charge in [-0.25, -0.2) is 4.39 Å². The summed E-state index contributed by atoms with van der Waals surface area (Å²) in [6.07, 6.45) is 2.40. The third-order valence-electron chi connectivity index (χ3n) is 3.06. The fourth-order valence-electron chi connectivity index (χ4n) is 2.14. The number of hydrogen-bond donors (Lipinski definition) is 2. The van der Waals surface area contributed by atoms with Gasteiger partial charge in [0.15, 0.2) is 0 Å². The van der Waals surface area contributed by atoms with Gasteiger partial charge >= 0.3 is 0 Å². The van der Waals surface area contributed by atoms with Crippen molar-refractivity contribution >= 4 is 11.6 Å². The van der Waals surface area contributed by atoms with Gasteiger partial charge in [-0.05, 0) is 37.1 Å². The summed E-state index contributed by atoms with van der Waals surface area (Å²) in [6, 6.07) is 4.16. The molecule has 0 fully saturated rings. The number of hydrogen-bond acceptors (Lipinski definition) is 3. The molecule has 2 rings (SSSR count). The van der Waals surface area contributed by atoms with E-state index in [9.17, 15) is 4.39 Å². The van der Waals surface area contributed by atoms with Crippen LogP contribution in [0, 0.1) is 12.7 Å². The molecule has 0 aliphatic carbocycles. The van der Waals surface area contributed by atoms with Crippen LogP contribution in [-0.2, 0) is 13.5 Å². The Hall–Kier alpha value is -1.43. The number of aryl methyl sites for hydroxylation is 2. The average molecular weight is 283 g/mol. The zero-order chi connectivity index (χ0) is 14.0. The number of aromatic nitrogens is 2. The van der Waals surface area contributed by atoms with Crippen molar-refractivity contribution in [3.05, 3.63) is 52.1 Å². The van der Waals surface area contributed by atoms with Crippen LogP contribution in [-0.4, -0.2) is 9.78 Å². The van der Waals surface area contributed by atoms with Crippen molar-refractivity contribution < 1.29 is 4.39 Å². The molecule has 102 valence electrons. The summed E-state index contributed by atoms with van der Waals surface area (Å²) in [7, 11) is 1.85. The average Bonchev–Trinajstić information content (AvgIpc) is 2.69. The van der Waals surface area contributed by atoms with Gasteiger partial charge in [-0.1, -0.05) is 11.6 Å². The zero-order valence-electron chi connectivity index (χ0n) is 10.8. The van der Waals surface area contributed by atoms with Gasteiger partial charge in [-0.2, -0.15) is 5.10 Å². The van der Waals surface area contributed by atoms with Crippen molar-refractivity contribution in [3.8, 4) is 0 Å². The monoisotopic (exact) mass is 282 g/mol. The summed E-state index contributed by atoms with van der Waals surface area (Å²) in [4.78, 5) is 0. The minimum atomic E-state index is -0.307. The molecule has 1 heterocycles. The van der Waals surface area contributed by atoms with E-state index < -0.39 is 0 Å². The lowest BCUT2D eigenvalue weighted by atomic mass is 10.00. The number of rotatable bonds is 4. The predicted molar refractivity (Wildman–Crippen MR) is 73.1 cm³/mol. The standard InChI is InChI=1S/C13H16ClFN4/c1-8-11(7-19(2)18-8)13(17-16)6-9-5-10(15)3-4-12(9)14/h3-5,7,13,17H,6,16H2,1-2H3. The van der Waals surface area contributed by atoms with Gasteiger partial charge in [0.25, 0.3) is 0 Å². The minimum absolute atomic E-state index is 0.159. The highest BCUT2D eigenvalue weighted by Gasteiger charge is 2.17. The highest BCUT2D eigenvalue weighted by molar-refractivity contribution is 6.31. The van der Waals surface area contributed by atoms with Gasteiger partial charge < -0.3 is 0 Å². The molecule has 19 heavy (non-hydrogen) atoms. The van der Waals surface area contributed by atoms with Gasteiger partial charge in [0, 0.05) is 23.8 Å². The van der Waals surface area contributed by atoms with Gasteiger partial charge in [0.2, 0.25) is 0 Å². The maximum Gasteiger partial charge on any atom is 0.123 e. The zero-order valence-corrected chi connectivity index (χ0v) is 11.6. The summed E-state index contributed by atoms with van der Waals surface area (Å²) in [6.45, 7) is 1.91. The predicted octanol–water partition coefficient (Wildman–Crippen LogP) is 2.27. The van der Waals surface area contributed by atoms with E-state index in [4.69, 9.17) is 17.4 Å². The molecule has 0 aliphatic rings. The second-order valence-electron chi connectivity index (χ2n) is 4.50. The lowest BCUT2D eigenvalue weighted by molar-refractivity contribution is 0.546. The first kappa shape index (κ1) is 14.0. The van der Waals surface area contributed by atoms with Crippen LogP contribution >= 0.6 is 11.6 Å². The molecule has 0 saturated heterocycles. The first-order valence-electron chi connectivity index (χ1n) is 5.91. The molecule has 0 radical (unpaired) electrons. The third kappa shape index (κ3) is 3.12. The number of benzene rings is 1. The third-order valence-corrected chi connectivity index (χ3v) is 3.43. The molecule has 0 bridgehead atoms. The van der Waals surface area contributed by atoms with Crippen molar-refractivity contribution in [1.29, 1.82) is 0 Å². The Morgan fingerprint density at radius 2 is 2.26 bits per heavy atom. The minimum Gasteiger partial charge on any atom is -0.275 e. The number of nitrogens with zero attached hydrogens (tertiary/aromatic N) is 2. The molecular weight excluding hydrogens is 267 g/mol. The van der Waals surface area contributed by atoms with Crippen LogP contribution in [0.3, 0.4) is 0 Å². The van der Waals surface area contributed by atoms with Crippen molar-refractivity contribution in [1.82, 2.24) is 15.2 Å². The molecule has 6 heteroatoms. The maximum atomic E-state index is 13.3. The summed E-state index contributed by atoms with van der Waals surface area (Å²) in [5.41, 5.74) is 5.31. The van der Waals surface area contributed by atoms with E-state index in [1.807, 2.05) is 20.2 Å². The highest BCUT2D eigenvalue weighted by atomic mass is 35.5. The lowest BCUT2D eigenvalue weighted by Crippen LogP contribution is -2.30. The Kier molecular flexibility index (Phi) is 4.19. The van der Waals surface area contributed by atoms with E-state index in [0.29, 0.717) is 17.0 Å². The number of hydrazine groups is 1. The molecule has 0 aliphatic heterocycles. The maximum absolute atomic E-state index is 13.3. The Bertz CT molecular complexity index is 582. The molecule has 4 nitrogen and oxygen atoms in total. The van der Waals surface area contributed by atoms with Crippen molar-refractivity contribution in [2.24, 2.45) is 12.9 Å². The van der Waals surface area contributed by atoms with Crippen LogP contribution in [0.15, 0.2) is 24.4 Å². The Morgan fingerprint density at radius 1 is 1.53 bits per heavy atom. The second-order valence-corrected chi connectivity index (χ2v) is 4.91. The van der Waals surface area contributed by atoms with Crippen LogP contribution in [0.4, 0.5) is 4.39 Å². The molecule has 3 N–H and O–H groups in total. The molecule has 0 saturated carbocycles. The van der Waals surface area contributed by atoms with E-state index in [1.165, 1.54) is 12.1 Å². The number of nitrogens with two attached hydrogens (primary N) is 1. The summed E-state index contributed by atoms with van der Waals surface area (Å²) in [5.74, 6) is 5.29. The lowest BCUT2D eigenvalue weighted by Gasteiger charge is -2.16. The molecule has 1 aromatic carbocycles. The van der Waals surface area contributed by atoms with Crippen LogP contribution < -0.4 is 11.3 Å². The van der Waals surface area contributed by atoms with Gasteiger partial charge in [0.05, 0.1) is 11.7 Å². The number of halogens is 2. The second kappa shape index (κ2) is 5.69. The van der Waals surface area contributed by atoms with Crippen molar-refractivity contribution in [3.63, 3.8) is 0 Å². The van der Waals surface area contributed by atoms with E-state index >= 15 is 0 Å². The van der Waals surface area contributed by atoms with E-state index in [-0.39, 0.29) is 11.9 Å². The fourth-order valence-corrected chi connectivity index (χ4v) is 2.33. The largest absolute Gasteiger partial charge is 0.275 e. The van der Waals surface area contributed by atoms with E-state index in [1.54, 1.807) is 10.7 Å². The van der Waals surface area contributed by atoms with Crippen LogP contribution in [0.2, 0.25) is 5.02 Å². The molecule has 2 aromatic rings. The van der Waals surface area contributed by atoms with Crippen LogP contribution in [0.1, 0.15) is 22.9 Å². The van der Waals surface area contributed by atoms with Gasteiger partial charge in [0.1, 0.15) is 5.82 Å². The van der Waals surface area contributed by atoms with Crippen LogP contribution in [0.25, 0.3) is 0 Å². The Balaban J connectivity index is 2.29. The molecule has 1 atom stereocenters. The number of nitrogens with one attached hydrogen (secondary N) is 1. The highest BCUT2D eigenvalue weighted by Crippen LogP contribution is 2.25. The van der Waals surface area contributed by atoms with E-state index in [0.717, 1.165) is 11.3 Å². The van der Waals surface area contributed by atoms with Crippen LogP contribution in [0.5, 0.6) is 0 Å². The SMILES string of the molecule is Cc1nn(C)cc1C(Cc1cc(F)ccc1Cl)NN. The van der Waals surface area contributed by atoms with Crippen molar-refractivity contribution in [2.45, 2.75) is 19.4 Å². The first-order chi connectivity index (χ1) is 9.01. The van der Waals surface area contributed by atoms with Gasteiger partial charge in [-0.3, -0.25) is 16.0 Å². The fraction of sp³-hybridized carbons (Fsp3) is 0.308. The normalized spacial score (nSPS) is 12.7. The summed E-state index contributed by atoms with van der Waals surface area (Å²) in [5, 5.41) is 4.81. The smallest absolute Gasteiger partial charge is 0.123 e.